The van der Waals surface area contributed by atoms with Crippen molar-refractivity contribution in [3.8, 4) is 5.69 Å². The fourth-order valence-electron chi connectivity index (χ4n) is 4.42. The summed E-state index contributed by atoms with van der Waals surface area (Å²) in [6, 6.07) is 3.28. The van der Waals surface area contributed by atoms with E-state index in [0.717, 1.165) is 12.4 Å². The third-order valence-corrected chi connectivity index (χ3v) is 6.17. The summed E-state index contributed by atoms with van der Waals surface area (Å²) in [6.07, 6.45) is -2.70. The van der Waals surface area contributed by atoms with Crippen molar-refractivity contribution < 1.29 is 22.9 Å². The number of aromatic nitrogens is 3. The van der Waals surface area contributed by atoms with Crippen molar-refractivity contribution in [2.75, 3.05) is 31.1 Å². The first-order chi connectivity index (χ1) is 17.0. The van der Waals surface area contributed by atoms with Crippen LogP contribution in [0.4, 0.5) is 24.7 Å². The molecule has 0 atom stereocenters. The normalized spacial score (nSPS) is 14.2. The molecule has 0 aliphatic carbocycles. The SMILES string of the molecule is C=CC(=O)N1CCN(c2ncnc3c(=O)n(-c4c(C)ccc([N+](=O)[O-])c4C)c(C(F)(F)F)cc23)CC1. The Hall–Kier alpha value is -4.29. The number of carbonyl (C=O) groups is 1. The summed E-state index contributed by atoms with van der Waals surface area (Å²) in [5.74, 6) is -0.125. The lowest BCUT2D eigenvalue weighted by Crippen LogP contribution is -2.48. The van der Waals surface area contributed by atoms with Crippen LogP contribution in [0.5, 0.6) is 0 Å². The molecule has 0 saturated carbocycles. The van der Waals surface area contributed by atoms with Gasteiger partial charge in [0, 0.05) is 32.2 Å². The summed E-state index contributed by atoms with van der Waals surface area (Å²) in [7, 11) is 0. The van der Waals surface area contributed by atoms with E-state index in [1.165, 1.54) is 32.1 Å². The smallest absolute Gasteiger partial charge is 0.352 e. The molecule has 36 heavy (non-hydrogen) atoms. The van der Waals surface area contributed by atoms with Crippen molar-refractivity contribution in [3.63, 3.8) is 0 Å². The second kappa shape index (κ2) is 9.06. The average molecular weight is 502 g/mol. The van der Waals surface area contributed by atoms with Crippen molar-refractivity contribution in [3.05, 3.63) is 74.5 Å². The first-order valence-corrected chi connectivity index (χ1v) is 10.8. The molecule has 0 radical (unpaired) electrons. The maximum atomic E-state index is 14.3. The van der Waals surface area contributed by atoms with Crippen LogP contribution in [0, 0.1) is 24.0 Å². The number of hydrogen-bond acceptors (Lipinski definition) is 7. The fraction of sp³-hybridized carbons (Fsp3) is 0.304. The maximum absolute atomic E-state index is 14.3. The summed E-state index contributed by atoms with van der Waals surface area (Å²) in [4.78, 5) is 47.5. The molecule has 1 fully saturated rings. The van der Waals surface area contributed by atoms with Gasteiger partial charge in [0.25, 0.3) is 11.2 Å². The zero-order valence-electron chi connectivity index (χ0n) is 19.4. The number of anilines is 1. The van der Waals surface area contributed by atoms with Crippen molar-refractivity contribution >= 4 is 28.3 Å². The molecule has 2 aromatic heterocycles. The highest BCUT2D eigenvalue weighted by atomic mass is 19.4. The van der Waals surface area contributed by atoms with E-state index in [4.69, 9.17) is 0 Å². The highest BCUT2D eigenvalue weighted by Gasteiger charge is 2.38. The molecule has 4 rings (SSSR count). The third-order valence-electron chi connectivity index (χ3n) is 6.17. The number of alkyl halides is 3. The standard InChI is InChI=1S/C23H21F3N6O4/c1-4-18(33)29-7-9-30(10-8-29)21-15-11-17(23(24,25)26)31(22(34)19(15)27-12-28-21)20-13(2)5-6-16(14(20)3)32(35)36/h4-6,11-12H,1,7-10H2,2-3H3. The number of fused-ring (bicyclic) bond motifs is 1. The minimum Gasteiger partial charge on any atom is -0.352 e. The minimum absolute atomic E-state index is 0.0794. The van der Waals surface area contributed by atoms with Gasteiger partial charge in [-0.25, -0.2) is 9.97 Å². The lowest BCUT2D eigenvalue weighted by Gasteiger charge is -2.35. The number of nitrogens with zero attached hydrogens (tertiary/aromatic N) is 6. The van der Waals surface area contributed by atoms with E-state index in [1.54, 1.807) is 9.80 Å². The van der Waals surface area contributed by atoms with Gasteiger partial charge in [-0.15, -0.1) is 0 Å². The Bertz CT molecular complexity index is 1460. The van der Waals surface area contributed by atoms with E-state index < -0.39 is 28.0 Å². The van der Waals surface area contributed by atoms with Gasteiger partial charge in [0.05, 0.1) is 21.6 Å². The Labute approximate surface area is 202 Å². The first-order valence-electron chi connectivity index (χ1n) is 10.8. The van der Waals surface area contributed by atoms with E-state index in [-0.39, 0.29) is 52.5 Å². The lowest BCUT2D eigenvalue weighted by molar-refractivity contribution is -0.385. The van der Waals surface area contributed by atoms with Crippen LogP contribution in [0.3, 0.4) is 0 Å². The minimum atomic E-state index is -4.97. The maximum Gasteiger partial charge on any atom is 0.431 e. The summed E-state index contributed by atoms with van der Waals surface area (Å²) in [5, 5.41) is 11.3. The number of aryl methyl sites for hydroxylation is 1. The summed E-state index contributed by atoms with van der Waals surface area (Å²) in [5.41, 5.74) is -3.10. The Morgan fingerprint density at radius 1 is 1.17 bits per heavy atom. The van der Waals surface area contributed by atoms with E-state index in [9.17, 15) is 32.9 Å². The number of carbonyl (C=O) groups excluding carboxylic acids is 1. The second-order valence-electron chi connectivity index (χ2n) is 8.28. The third kappa shape index (κ3) is 4.16. The molecule has 1 saturated heterocycles. The molecule has 0 unspecified atom stereocenters. The van der Waals surface area contributed by atoms with Gasteiger partial charge < -0.3 is 9.80 Å². The molecule has 188 valence electrons. The van der Waals surface area contributed by atoms with Gasteiger partial charge in [0.15, 0.2) is 0 Å². The topological polar surface area (TPSA) is 114 Å². The molecule has 1 amide bonds. The second-order valence-corrected chi connectivity index (χ2v) is 8.28. The summed E-state index contributed by atoms with van der Waals surface area (Å²) < 4.78 is 43.4. The molecule has 0 spiro atoms. The Morgan fingerprint density at radius 3 is 2.42 bits per heavy atom. The van der Waals surface area contributed by atoms with Crippen LogP contribution in [0.15, 0.2) is 42.0 Å². The van der Waals surface area contributed by atoms with Gasteiger partial charge in [-0.1, -0.05) is 12.6 Å². The van der Waals surface area contributed by atoms with E-state index in [0.29, 0.717) is 17.7 Å². The Balaban J connectivity index is 1.95. The highest BCUT2D eigenvalue weighted by Crippen LogP contribution is 2.36. The summed E-state index contributed by atoms with van der Waals surface area (Å²) in [6.45, 7) is 7.37. The molecule has 0 N–H and O–H groups in total. The van der Waals surface area contributed by atoms with Crippen LogP contribution in [0.25, 0.3) is 16.6 Å². The molecular formula is C23H21F3N6O4. The van der Waals surface area contributed by atoms with Crippen molar-refractivity contribution in [1.82, 2.24) is 19.4 Å². The fourth-order valence-corrected chi connectivity index (χ4v) is 4.42. The monoisotopic (exact) mass is 502 g/mol. The van der Waals surface area contributed by atoms with E-state index >= 15 is 0 Å². The molecule has 3 aromatic rings. The zero-order chi connectivity index (χ0) is 26.4. The molecule has 1 aliphatic rings. The highest BCUT2D eigenvalue weighted by molar-refractivity contribution is 5.90. The average Bonchev–Trinajstić information content (AvgIpc) is 2.83. The van der Waals surface area contributed by atoms with Gasteiger partial charge in [0.2, 0.25) is 5.91 Å². The van der Waals surface area contributed by atoms with Crippen LogP contribution in [-0.2, 0) is 11.0 Å². The number of piperazine rings is 1. The molecular weight excluding hydrogens is 481 g/mol. The number of pyridine rings is 1. The van der Waals surface area contributed by atoms with Crippen molar-refractivity contribution in [2.24, 2.45) is 0 Å². The quantitative estimate of drug-likeness (QED) is 0.306. The van der Waals surface area contributed by atoms with Crippen LogP contribution < -0.4 is 10.5 Å². The predicted octanol–water partition coefficient (Wildman–Crippen LogP) is 3.16. The number of hydrogen-bond donors (Lipinski definition) is 0. The van der Waals surface area contributed by atoms with Gasteiger partial charge >= 0.3 is 6.18 Å². The lowest BCUT2D eigenvalue weighted by atomic mass is 10.1. The van der Waals surface area contributed by atoms with Crippen LogP contribution in [0.2, 0.25) is 0 Å². The summed E-state index contributed by atoms with van der Waals surface area (Å²) >= 11 is 0. The van der Waals surface area contributed by atoms with Crippen LogP contribution >= 0.6 is 0 Å². The predicted molar refractivity (Wildman–Crippen MR) is 125 cm³/mol. The number of rotatable bonds is 4. The molecule has 13 heteroatoms. The molecule has 10 nitrogen and oxygen atoms in total. The number of halogens is 3. The zero-order valence-corrected chi connectivity index (χ0v) is 19.4. The largest absolute Gasteiger partial charge is 0.431 e. The molecule has 3 heterocycles. The molecule has 0 bridgehead atoms. The number of amides is 1. The number of nitro groups is 1. The Morgan fingerprint density at radius 2 is 1.83 bits per heavy atom. The van der Waals surface area contributed by atoms with Gasteiger partial charge in [-0.05, 0) is 31.6 Å². The van der Waals surface area contributed by atoms with Crippen LogP contribution in [0.1, 0.15) is 16.8 Å². The van der Waals surface area contributed by atoms with Gasteiger partial charge in [0.1, 0.15) is 23.4 Å². The van der Waals surface area contributed by atoms with Crippen LogP contribution in [-0.4, -0.2) is 56.4 Å². The molecule has 1 aromatic carbocycles. The first kappa shape index (κ1) is 24.8. The van der Waals surface area contributed by atoms with Gasteiger partial charge in [-0.3, -0.25) is 24.3 Å². The molecule has 1 aliphatic heterocycles. The van der Waals surface area contributed by atoms with Gasteiger partial charge in [-0.2, -0.15) is 13.2 Å². The number of benzene rings is 1. The van der Waals surface area contributed by atoms with E-state index in [2.05, 4.69) is 16.5 Å². The van der Waals surface area contributed by atoms with E-state index in [1.807, 2.05) is 0 Å². The Kier molecular flexibility index (Phi) is 6.24. The number of nitro benzene ring substituents is 1. The van der Waals surface area contributed by atoms with Crippen molar-refractivity contribution in [2.45, 2.75) is 20.0 Å². The van der Waals surface area contributed by atoms with Crippen molar-refractivity contribution in [1.29, 1.82) is 0 Å².